The van der Waals surface area contributed by atoms with Crippen LogP contribution in [0, 0.1) is 6.92 Å². The average molecular weight is 331 g/mol. The van der Waals surface area contributed by atoms with Crippen LogP contribution in [-0.4, -0.2) is 29.4 Å². The van der Waals surface area contributed by atoms with Gasteiger partial charge in [-0.25, -0.2) is 4.98 Å². The number of carbonyl (C=O) groups is 2. The summed E-state index contributed by atoms with van der Waals surface area (Å²) in [6, 6.07) is 8.19. The van der Waals surface area contributed by atoms with E-state index in [2.05, 4.69) is 15.6 Å². The standard InChI is InChI=1S/C17H21N3O2S/c1-11(2)19-16(22)9-18-15(21)8-14-10-23-17(20-14)13-6-4-12(3)5-7-13/h4-7,10-11H,8-9H2,1-3H3,(H,18,21)(H,19,22). The van der Waals surface area contributed by atoms with Gasteiger partial charge in [0.05, 0.1) is 18.7 Å². The van der Waals surface area contributed by atoms with Crippen LogP contribution in [0.2, 0.25) is 0 Å². The van der Waals surface area contributed by atoms with Gasteiger partial charge in [-0.2, -0.15) is 0 Å². The Bertz CT molecular complexity index is 677. The van der Waals surface area contributed by atoms with Gasteiger partial charge in [0.15, 0.2) is 0 Å². The van der Waals surface area contributed by atoms with Crippen LogP contribution >= 0.6 is 11.3 Å². The van der Waals surface area contributed by atoms with E-state index in [0.29, 0.717) is 5.69 Å². The number of benzene rings is 1. The van der Waals surface area contributed by atoms with Gasteiger partial charge < -0.3 is 10.6 Å². The Balaban J connectivity index is 1.87. The molecule has 0 unspecified atom stereocenters. The van der Waals surface area contributed by atoms with Crippen molar-refractivity contribution in [1.82, 2.24) is 15.6 Å². The van der Waals surface area contributed by atoms with E-state index >= 15 is 0 Å². The number of rotatable bonds is 6. The van der Waals surface area contributed by atoms with Gasteiger partial charge in [-0.05, 0) is 20.8 Å². The third-order valence-corrected chi connectivity index (χ3v) is 4.03. The molecular formula is C17H21N3O2S. The Morgan fingerprint density at radius 3 is 2.52 bits per heavy atom. The molecule has 0 aliphatic heterocycles. The van der Waals surface area contributed by atoms with Crippen molar-refractivity contribution < 1.29 is 9.59 Å². The van der Waals surface area contributed by atoms with Crippen LogP contribution in [0.15, 0.2) is 29.6 Å². The second-order valence-corrected chi connectivity index (χ2v) is 6.54. The molecule has 0 aliphatic carbocycles. The number of hydrogen-bond donors (Lipinski definition) is 2. The number of thiazole rings is 1. The minimum absolute atomic E-state index is 0.00797. The van der Waals surface area contributed by atoms with Gasteiger partial charge in [0.25, 0.3) is 0 Å². The summed E-state index contributed by atoms with van der Waals surface area (Å²) in [6.07, 6.45) is 0.178. The maximum atomic E-state index is 11.9. The van der Waals surface area contributed by atoms with Gasteiger partial charge in [0.2, 0.25) is 11.8 Å². The molecule has 6 heteroatoms. The molecule has 0 aliphatic rings. The van der Waals surface area contributed by atoms with Gasteiger partial charge in [0.1, 0.15) is 5.01 Å². The van der Waals surface area contributed by atoms with Crippen molar-refractivity contribution in [2.24, 2.45) is 0 Å². The molecule has 1 heterocycles. The van der Waals surface area contributed by atoms with Crippen molar-refractivity contribution in [2.45, 2.75) is 33.2 Å². The largest absolute Gasteiger partial charge is 0.352 e. The van der Waals surface area contributed by atoms with Crippen molar-refractivity contribution in [1.29, 1.82) is 0 Å². The highest BCUT2D eigenvalue weighted by Gasteiger charge is 2.10. The predicted molar refractivity (Wildman–Crippen MR) is 92.3 cm³/mol. The Kier molecular flexibility index (Phi) is 5.87. The molecule has 0 fully saturated rings. The van der Waals surface area contributed by atoms with Crippen molar-refractivity contribution in [3.8, 4) is 10.6 Å². The van der Waals surface area contributed by atoms with E-state index in [0.717, 1.165) is 10.6 Å². The summed E-state index contributed by atoms with van der Waals surface area (Å²) in [5.74, 6) is -0.392. The number of amides is 2. The molecule has 1 aromatic heterocycles. The lowest BCUT2D eigenvalue weighted by Crippen LogP contribution is -2.40. The molecule has 1 aromatic carbocycles. The van der Waals surface area contributed by atoms with E-state index in [-0.39, 0.29) is 30.8 Å². The van der Waals surface area contributed by atoms with Gasteiger partial charge >= 0.3 is 0 Å². The Labute approximate surface area is 140 Å². The number of nitrogens with zero attached hydrogens (tertiary/aromatic N) is 1. The summed E-state index contributed by atoms with van der Waals surface area (Å²) < 4.78 is 0. The molecule has 2 amide bonds. The fourth-order valence-electron chi connectivity index (χ4n) is 2.00. The summed E-state index contributed by atoms with van der Waals surface area (Å²) in [6.45, 7) is 5.78. The Morgan fingerprint density at radius 2 is 1.87 bits per heavy atom. The van der Waals surface area contributed by atoms with Crippen LogP contribution in [-0.2, 0) is 16.0 Å². The first-order chi connectivity index (χ1) is 10.9. The van der Waals surface area contributed by atoms with Crippen molar-refractivity contribution in [2.75, 3.05) is 6.54 Å². The molecular weight excluding hydrogens is 310 g/mol. The maximum absolute atomic E-state index is 11.9. The number of aromatic nitrogens is 1. The molecule has 2 aromatic rings. The summed E-state index contributed by atoms with van der Waals surface area (Å²) in [5.41, 5.74) is 2.96. The van der Waals surface area contributed by atoms with Crippen LogP contribution in [0.5, 0.6) is 0 Å². The number of nitrogens with one attached hydrogen (secondary N) is 2. The van der Waals surface area contributed by atoms with E-state index < -0.39 is 0 Å². The molecule has 0 saturated heterocycles. The molecule has 23 heavy (non-hydrogen) atoms. The smallest absolute Gasteiger partial charge is 0.239 e. The quantitative estimate of drug-likeness (QED) is 0.853. The van der Waals surface area contributed by atoms with Gasteiger partial charge in [-0.1, -0.05) is 29.8 Å². The molecule has 5 nitrogen and oxygen atoms in total. The van der Waals surface area contributed by atoms with Crippen molar-refractivity contribution in [3.63, 3.8) is 0 Å². The highest BCUT2D eigenvalue weighted by molar-refractivity contribution is 7.13. The first-order valence-electron chi connectivity index (χ1n) is 7.51. The molecule has 0 bridgehead atoms. The zero-order valence-corrected chi connectivity index (χ0v) is 14.4. The minimum Gasteiger partial charge on any atom is -0.352 e. The molecule has 2 N–H and O–H groups in total. The van der Waals surface area contributed by atoms with Crippen LogP contribution < -0.4 is 10.6 Å². The van der Waals surface area contributed by atoms with Crippen LogP contribution in [0.3, 0.4) is 0 Å². The molecule has 122 valence electrons. The zero-order chi connectivity index (χ0) is 16.8. The van der Waals surface area contributed by atoms with E-state index in [4.69, 9.17) is 0 Å². The topological polar surface area (TPSA) is 71.1 Å². The Morgan fingerprint density at radius 1 is 1.17 bits per heavy atom. The molecule has 0 saturated carbocycles. The first kappa shape index (κ1) is 17.1. The number of hydrogen-bond acceptors (Lipinski definition) is 4. The predicted octanol–water partition coefficient (Wildman–Crippen LogP) is 2.30. The van der Waals surface area contributed by atoms with Gasteiger partial charge in [-0.15, -0.1) is 11.3 Å². The van der Waals surface area contributed by atoms with E-state index in [1.54, 1.807) is 0 Å². The fraction of sp³-hybridized carbons (Fsp3) is 0.353. The SMILES string of the molecule is Cc1ccc(-c2nc(CC(=O)NCC(=O)NC(C)C)cs2)cc1. The normalized spacial score (nSPS) is 10.6. The van der Waals surface area contributed by atoms with E-state index in [1.807, 2.05) is 50.4 Å². The van der Waals surface area contributed by atoms with Crippen LogP contribution in [0.1, 0.15) is 25.1 Å². The zero-order valence-electron chi connectivity index (χ0n) is 13.6. The Hall–Kier alpha value is -2.21. The lowest BCUT2D eigenvalue weighted by Gasteiger charge is -2.08. The number of carbonyl (C=O) groups excluding carboxylic acids is 2. The second kappa shape index (κ2) is 7.87. The van der Waals surface area contributed by atoms with Crippen LogP contribution in [0.4, 0.5) is 0 Å². The highest BCUT2D eigenvalue weighted by atomic mass is 32.1. The lowest BCUT2D eigenvalue weighted by atomic mass is 10.2. The molecule has 2 rings (SSSR count). The molecule has 0 atom stereocenters. The summed E-state index contributed by atoms with van der Waals surface area (Å²) >= 11 is 1.51. The fourth-order valence-corrected chi connectivity index (χ4v) is 2.82. The molecule has 0 radical (unpaired) electrons. The van der Waals surface area contributed by atoms with Crippen molar-refractivity contribution >= 4 is 23.2 Å². The first-order valence-corrected chi connectivity index (χ1v) is 8.39. The maximum Gasteiger partial charge on any atom is 0.239 e. The van der Waals surface area contributed by atoms with Gasteiger partial charge in [-0.3, -0.25) is 9.59 Å². The minimum atomic E-state index is -0.204. The summed E-state index contributed by atoms with van der Waals surface area (Å²) in [4.78, 5) is 27.8. The highest BCUT2D eigenvalue weighted by Crippen LogP contribution is 2.24. The van der Waals surface area contributed by atoms with Crippen LogP contribution in [0.25, 0.3) is 10.6 Å². The van der Waals surface area contributed by atoms with E-state index in [9.17, 15) is 9.59 Å². The second-order valence-electron chi connectivity index (χ2n) is 5.69. The lowest BCUT2D eigenvalue weighted by molar-refractivity contribution is -0.126. The average Bonchev–Trinajstić information content (AvgIpc) is 2.93. The van der Waals surface area contributed by atoms with Gasteiger partial charge in [0, 0.05) is 17.0 Å². The molecule has 0 spiro atoms. The summed E-state index contributed by atoms with van der Waals surface area (Å²) in [7, 11) is 0. The summed E-state index contributed by atoms with van der Waals surface area (Å²) in [5, 5.41) is 8.10. The number of aryl methyl sites for hydroxylation is 1. The third-order valence-electron chi connectivity index (χ3n) is 3.09. The third kappa shape index (κ3) is 5.49. The monoisotopic (exact) mass is 331 g/mol. The van der Waals surface area contributed by atoms with E-state index in [1.165, 1.54) is 16.9 Å². The van der Waals surface area contributed by atoms with Crippen molar-refractivity contribution in [3.05, 3.63) is 40.9 Å².